The highest BCUT2D eigenvalue weighted by molar-refractivity contribution is 6.61. The van der Waals surface area contributed by atoms with Crippen molar-refractivity contribution in [2.24, 2.45) is 0 Å². The Bertz CT molecular complexity index is 517. The lowest BCUT2D eigenvalue weighted by atomic mass is 10.1. The number of hydrogen-bond acceptors (Lipinski definition) is 6. The molecule has 0 spiro atoms. The molecule has 0 amide bonds. The largest absolute Gasteiger partial charge is 0.454 e. The molecule has 18 heavy (non-hydrogen) atoms. The van der Waals surface area contributed by atoms with Crippen LogP contribution in [0.5, 0.6) is 11.5 Å². The molecule has 0 unspecified atom stereocenters. The van der Waals surface area contributed by atoms with Crippen LogP contribution < -0.4 is 9.47 Å². The molecule has 1 aliphatic rings. The van der Waals surface area contributed by atoms with Gasteiger partial charge in [-0.05, 0) is 13.0 Å². The van der Waals surface area contributed by atoms with Crippen molar-refractivity contribution >= 4 is 22.7 Å². The topological polar surface area (TPSA) is 87.9 Å². The van der Waals surface area contributed by atoms with Crippen LogP contribution in [0.1, 0.15) is 18.6 Å². The Morgan fingerprint density at radius 1 is 1.50 bits per heavy atom. The van der Waals surface area contributed by atoms with Crippen molar-refractivity contribution in [2.45, 2.75) is 13.0 Å². The minimum absolute atomic E-state index is 0.000381. The van der Waals surface area contributed by atoms with Crippen LogP contribution in [0, 0.1) is 10.1 Å². The molecule has 1 aromatic carbocycles. The molecule has 0 radical (unpaired) electrons. The highest BCUT2D eigenvalue weighted by atomic mass is 35.5. The Morgan fingerprint density at radius 2 is 2.11 bits per heavy atom. The summed E-state index contributed by atoms with van der Waals surface area (Å²) in [5, 5.41) is 10.9. The molecule has 0 saturated heterocycles. The number of rotatable bonds is 3. The van der Waals surface area contributed by atoms with Crippen LogP contribution in [0.25, 0.3) is 0 Å². The Hall–Kier alpha value is -2.02. The van der Waals surface area contributed by atoms with Gasteiger partial charge in [-0.3, -0.25) is 10.1 Å². The SMILES string of the molecule is C[C@@H](OC(=O)Cl)c1cc2c(cc1[N+](=O)[O-])OCO2. The van der Waals surface area contributed by atoms with Crippen LogP contribution in [0.15, 0.2) is 12.1 Å². The maximum absolute atomic E-state index is 10.9. The molecule has 1 atom stereocenters. The van der Waals surface area contributed by atoms with Crippen molar-refractivity contribution < 1.29 is 23.9 Å². The van der Waals surface area contributed by atoms with Crippen LogP contribution in [0.4, 0.5) is 10.5 Å². The summed E-state index contributed by atoms with van der Waals surface area (Å²) in [6.45, 7) is 1.48. The van der Waals surface area contributed by atoms with Crippen molar-refractivity contribution in [3.05, 3.63) is 27.8 Å². The van der Waals surface area contributed by atoms with Crippen molar-refractivity contribution in [3.63, 3.8) is 0 Å². The van der Waals surface area contributed by atoms with Crippen molar-refractivity contribution in [3.8, 4) is 11.5 Å². The summed E-state index contributed by atoms with van der Waals surface area (Å²) >= 11 is 5.08. The van der Waals surface area contributed by atoms with E-state index in [-0.39, 0.29) is 23.8 Å². The number of ether oxygens (including phenoxy) is 3. The summed E-state index contributed by atoms with van der Waals surface area (Å²) in [5.74, 6) is 0.655. The maximum atomic E-state index is 10.9. The summed E-state index contributed by atoms with van der Waals surface area (Å²) in [7, 11) is 0. The van der Waals surface area contributed by atoms with E-state index >= 15 is 0 Å². The summed E-state index contributed by atoms with van der Waals surface area (Å²) in [6, 6.07) is 2.64. The van der Waals surface area contributed by atoms with Gasteiger partial charge in [0.25, 0.3) is 5.69 Å². The van der Waals surface area contributed by atoms with Crippen LogP contribution >= 0.6 is 11.6 Å². The third kappa shape index (κ3) is 2.30. The second-order valence-corrected chi connectivity index (χ2v) is 3.83. The molecule has 0 aromatic heterocycles. The van der Waals surface area contributed by atoms with E-state index in [2.05, 4.69) is 0 Å². The van der Waals surface area contributed by atoms with E-state index in [0.717, 1.165) is 0 Å². The number of nitro groups is 1. The molecule has 0 fully saturated rings. The zero-order chi connectivity index (χ0) is 13.3. The van der Waals surface area contributed by atoms with E-state index in [0.29, 0.717) is 5.75 Å². The van der Waals surface area contributed by atoms with Gasteiger partial charge in [0.05, 0.1) is 16.6 Å². The number of nitro benzene ring substituents is 1. The third-order valence-corrected chi connectivity index (χ3v) is 2.52. The smallest absolute Gasteiger partial charge is 0.404 e. The number of benzene rings is 1. The average molecular weight is 274 g/mol. The van der Waals surface area contributed by atoms with Gasteiger partial charge in [-0.25, -0.2) is 4.79 Å². The maximum Gasteiger partial charge on any atom is 0.404 e. The molecule has 0 aliphatic carbocycles. The second kappa shape index (κ2) is 4.69. The lowest BCUT2D eigenvalue weighted by Gasteiger charge is -2.12. The number of halogens is 1. The van der Waals surface area contributed by atoms with Gasteiger partial charge in [0.1, 0.15) is 6.10 Å². The monoisotopic (exact) mass is 273 g/mol. The quantitative estimate of drug-likeness (QED) is 0.478. The first kappa shape index (κ1) is 12.4. The molecular formula is C10H8ClNO6. The first-order chi connectivity index (χ1) is 8.49. The minimum Gasteiger partial charge on any atom is -0.454 e. The number of carbonyl (C=O) groups excluding carboxylic acids is 1. The van der Waals surface area contributed by atoms with Gasteiger partial charge in [0, 0.05) is 11.6 Å². The summed E-state index contributed by atoms with van der Waals surface area (Å²) in [6.07, 6.45) is -0.857. The Kier molecular flexibility index (Phi) is 3.24. The Balaban J connectivity index is 2.44. The fourth-order valence-corrected chi connectivity index (χ4v) is 1.77. The van der Waals surface area contributed by atoms with E-state index in [4.69, 9.17) is 25.8 Å². The van der Waals surface area contributed by atoms with E-state index in [9.17, 15) is 14.9 Å². The standard InChI is InChI=1S/C10H8ClNO6/c1-5(18-10(11)13)6-2-8-9(17-4-16-8)3-7(6)12(14)15/h2-3,5H,4H2,1H3/t5-/m1/s1. The van der Waals surface area contributed by atoms with Crippen molar-refractivity contribution in [1.29, 1.82) is 0 Å². The van der Waals surface area contributed by atoms with Crippen molar-refractivity contribution in [1.82, 2.24) is 0 Å². The van der Waals surface area contributed by atoms with Gasteiger partial charge in [-0.15, -0.1) is 0 Å². The minimum atomic E-state index is -1.03. The van der Waals surface area contributed by atoms with Gasteiger partial charge in [-0.2, -0.15) is 0 Å². The van der Waals surface area contributed by atoms with Crippen LogP contribution in [-0.4, -0.2) is 17.1 Å². The van der Waals surface area contributed by atoms with Gasteiger partial charge < -0.3 is 14.2 Å². The van der Waals surface area contributed by atoms with Crippen LogP contribution in [0.2, 0.25) is 0 Å². The number of nitrogens with zero attached hydrogens (tertiary/aromatic N) is 1. The fourth-order valence-electron chi connectivity index (χ4n) is 1.63. The van der Waals surface area contributed by atoms with Crippen LogP contribution in [0.3, 0.4) is 0 Å². The highest BCUT2D eigenvalue weighted by Gasteiger charge is 2.27. The Labute approximate surface area is 106 Å². The lowest BCUT2D eigenvalue weighted by Crippen LogP contribution is -2.05. The van der Waals surface area contributed by atoms with E-state index in [1.165, 1.54) is 19.1 Å². The highest BCUT2D eigenvalue weighted by Crippen LogP contribution is 2.40. The van der Waals surface area contributed by atoms with Gasteiger partial charge in [0.2, 0.25) is 6.79 Å². The summed E-state index contributed by atoms with van der Waals surface area (Å²) in [5.41, 5.74) is -1.06. The number of fused-ring (bicyclic) bond motifs is 1. The predicted octanol–water partition coefficient (Wildman–Crippen LogP) is 2.76. The average Bonchev–Trinajstić information content (AvgIpc) is 2.72. The number of carbonyl (C=O) groups is 1. The van der Waals surface area contributed by atoms with E-state index in [1.807, 2.05) is 0 Å². The molecule has 0 bridgehead atoms. The van der Waals surface area contributed by atoms with Gasteiger partial charge >= 0.3 is 5.43 Å². The lowest BCUT2D eigenvalue weighted by molar-refractivity contribution is -0.386. The molecule has 96 valence electrons. The summed E-state index contributed by atoms with van der Waals surface area (Å²) < 4.78 is 14.9. The number of hydrogen-bond donors (Lipinski definition) is 0. The molecule has 2 rings (SSSR count). The summed E-state index contributed by atoms with van der Waals surface area (Å²) in [4.78, 5) is 21.0. The van der Waals surface area contributed by atoms with Gasteiger partial charge in [0.15, 0.2) is 11.5 Å². The zero-order valence-corrected chi connectivity index (χ0v) is 9.97. The fraction of sp³-hybridized carbons (Fsp3) is 0.300. The molecule has 1 aromatic rings. The molecule has 1 aliphatic heterocycles. The third-order valence-electron chi connectivity index (χ3n) is 2.43. The molecule has 8 heteroatoms. The van der Waals surface area contributed by atoms with Crippen LogP contribution in [-0.2, 0) is 4.74 Å². The van der Waals surface area contributed by atoms with Crippen molar-refractivity contribution in [2.75, 3.05) is 6.79 Å². The van der Waals surface area contributed by atoms with Gasteiger partial charge in [-0.1, -0.05) is 0 Å². The zero-order valence-electron chi connectivity index (χ0n) is 9.21. The molecule has 1 heterocycles. The van der Waals surface area contributed by atoms with E-state index < -0.39 is 16.5 Å². The molecule has 7 nitrogen and oxygen atoms in total. The normalized spacial score (nSPS) is 14.1. The first-order valence-electron chi connectivity index (χ1n) is 4.93. The first-order valence-corrected chi connectivity index (χ1v) is 5.31. The Morgan fingerprint density at radius 3 is 2.67 bits per heavy atom. The molecular weight excluding hydrogens is 266 g/mol. The predicted molar refractivity (Wildman–Crippen MR) is 60.0 cm³/mol. The van der Waals surface area contributed by atoms with E-state index in [1.54, 1.807) is 0 Å². The second-order valence-electron chi connectivity index (χ2n) is 3.52. The molecule has 0 N–H and O–H groups in total. The molecule has 0 saturated carbocycles.